The zero-order valence-electron chi connectivity index (χ0n) is 32.8. The van der Waals surface area contributed by atoms with E-state index in [2.05, 4.69) is 200 Å². The smallest absolute Gasteiger partial charge is 0.148 e. The first kappa shape index (κ1) is 35.4. The molecule has 0 fully saturated rings. The van der Waals surface area contributed by atoms with E-state index >= 15 is 0 Å². The summed E-state index contributed by atoms with van der Waals surface area (Å²) >= 11 is 1.88. The Hall–Kier alpha value is -6.75. The molecule has 0 spiro atoms. The second-order valence-electron chi connectivity index (χ2n) is 15.8. The van der Waals surface area contributed by atoms with Crippen LogP contribution in [0.5, 0.6) is 0 Å². The molecule has 1 aliphatic carbocycles. The second-order valence-corrected chi connectivity index (χ2v) is 16.9. The molecule has 2 aromatic heterocycles. The summed E-state index contributed by atoms with van der Waals surface area (Å²) in [4.78, 5) is 5.64. The zero-order valence-corrected chi connectivity index (χ0v) is 33.6. The van der Waals surface area contributed by atoms with Crippen molar-refractivity contribution in [2.24, 2.45) is 10.9 Å². The molecule has 3 atom stereocenters. The quantitative estimate of drug-likeness (QED) is 0.183. The highest BCUT2D eigenvalue weighted by atomic mass is 32.1. The van der Waals surface area contributed by atoms with Crippen molar-refractivity contribution in [2.45, 2.75) is 31.8 Å². The van der Waals surface area contributed by atoms with E-state index in [1.165, 1.54) is 42.4 Å². The molecule has 0 bridgehead atoms. The lowest BCUT2D eigenvalue weighted by Crippen LogP contribution is -2.25. The Balaban J connectivity index is 1.03. The Morgan fingerprint density at radius 3 is 2.05 bits per heavy atom. The van der Waals surface area contributed by atoms with Crippen molar-refractivity contribution in [1.29, 1.82) is 0 Å². The standard InChI is InChI=1S/C55H42N2OS/c1-35-28-33-48(38-16-6-3-7-17-38)56-55(57-52(35)39-31-29-37(30-32-39)36-14-4-2-5-15-36)47-25-12-24-45-44-23-11-22-43(53(44)58-54(45)47)41-19-10-18-40(34-41)42-21-13-27-50-51(42)46-20-8-9-26-49(46)59-50/h2-17,19-27,29-35,40,55-56H,18,28H2,1H3/b48-33+,57-52+. The highest BCUT2D eigenvalue weighted by Crippen LogP contribution is 2.44. The van der Waals surface area contributed by atoms with Gasteiger partial charge in [-0.25, -0.2) is 0 Å². The van der Waals surface area contributed by atoms with Crippen LogP contribution in [0.2, 0.25) is 0 Å². The van der Waals surface area contributed by atoms with Crippen molar-refractivity contribution in [3.05, 3.63) is 216 Å². The minimum atomic E-state index is -0.389. The van der Waals surface area contributed by atoms with Crippen LogP contribution in [-0.4, -0.2) is 5.71 Å². The van der Waals surface area contributed by atoms with Gasteiger partial charge < -0.3 is 9.73 Å². The molecule has 284 valence electrons. The number of benzene rings is 7. The van der Waals surface area contributed by atoms with E-state index in [0.29, 0.717) is 0 Å². The largest absolute Gasteiger partial charge is 0.455 e. The number of fused-ring (bicyclic) bond motifs is 6. The molecule has 3 unspecified atom stereocenters. The monoisotopic (exact) mass is 778 g/mol. The van der Waals surface area contributed by atoms with E-state index in [4.69, 9.17) is 9.41 Å². The first-order valence-corrected chi connectivity index (χ1v) is 21.5. The average Bonchev–Trinajstić information content (AvgIpc) is 3.88. The van der Waals surface area contributed by atoms with Crippen LogP contribution in [0.15, 0.2) is 198 Å². The van der Waals surface area contributed by atoms with Gasteiger partial charge in [0.05, 0.1) is 0 Å². The SMILES string of the molecule is CC1C/C=C(\c2ccccc2)NC(c2cccc3c2oc2c(C4=CC(c5cccc6sc7ccccc7c56)CC=C4)cccc23)/N=C\1c1ccc(-c2ccccc2)cc1. The van der Waals surface area contributed by atoms with E-state index in [1.807, 2.05) is 11.3 Å². The summed E-state index contributed by atoms with van der Waals surface area (Å²) in [6.45, 7) is 2.29. The summed E-state index contributed by atoms with van der Waals surface area (Å²) in [6, 6.07) is 58.8. The fraction of sp³-hybridized carbons (Fsp3) is 0.109. The Kier molecular flexibility index (Phi) is 8.93. The number of rotatable bonds is 6. The van der Waals surface area contributed by atoms with Crippen LogP contribution >= 0.6 is 11.3 Å². The summed E-state index contributed by atoms with van der Waals surface area (Å²) in [5, 5.41) is 8.83. The fourth-order valence-electron chi connectivity index (χ4n) is 9.17. The lowest BCUT2D eigenvalue weighted by atomic mass is 9.85. The molecule has 0 saturated carbocycles. The molecular weight excluding hydrogens is 737 g/mol. The van der Waals surface area contributed by atoms with Gasteiger partial charge in [-0.15, -0.1) is 11.3 Å². The highest BCUT2D eigenvalue weighted by molar-refractivity contribution is 7.25. The second kappa shape index (κ2) is 14.9. The minimum absolute atomic E-state index is 0.193. The third kappa shape index (κ3) is 6.41. The third-order valence-corrected chi connectivity index (χ3v) is 13.3. The van der Waals surface area contributed by atoms with Gasteiger partial charge in [-0.05, 0) is 58.4 Å². The molecule has 0 amide bonds. The van der Waals surface area contributed by atoms with E-state index in [9.17, 15) is 0 Å². The molecule has 2 aliphatic rings. The summed E-state index contributed by atoms with van der Waals surface area (Å²) in [7, 11) is 0. The van der Waals surface area contributed by atoms with E-state index in [-0.39, 0.29) is 18.0 Å². The number of nitrogens with one attached hydrogen (secondary N) is 1. The number of furan rings is 1. The lowest BCUT2D eigenvalue weighted by molar-refractivity contribution is 0.614. The van der Waals surface area contributed by atoms with Crippen molar-refractivity contribution in [3.63, 3.8) is 0 Å². The van der Waals surface area contributed by atoms with Crippen molar-refractivity contribution >= 4 is 70.4 Å². The molecule has 59 heavy (non-hydrogen) atoms. The number of hydrogen-bond acceptors (Lipinski definition) is 4. The normalized spacial score (nSPS) is 20.1. The van der Waals surface area contributed by atoms with Crippen molar-refractivity contribution in [1.82, 2.24) is 5.32 Å². The Labute approximate surface area is 348 Å². The maximum Gasteiger partial charge on any atom is 0.148 e. The van der Waals surface area contributed by atoms with Gasteiger partial charge in [0, 0.05) is 65.3 Å². The maximum atomic E-state index is 7.12. The van der Waals surface area contributed by atoms with Gasteiger partial charge in [-0.2, -0.15) is 0 Å². The molecule has 1 aliphatic heterocycles. The number of para-hydroxylation sites is 2. The molecule has 1 N–H and O–H groups in total. The third-order valence-electron chi connectivity index (χ3n) is 12.1. The Morgan fingerprint density at radius 2 is 1.22 bits per heavy atom. The van der Waals surface area contributed by atoms with E-state index < -0.39 is 0 Å². The predicted molar refractivity (Wildman–Crippen MR) is 250 cm³/mol. The fourth-order valence-corrected chi connectivity index (χ4v) is 10.3. The van der Waals surface area contributed by atoms with Crippen LogP contribution < -0.4 is 5.32 Å². The first-order chi connectivity index (χ1) is 29.2. The van der Waals surface area contributed by atoms with Crippen molar-refractivity contribution < 1.29 is 4.42 Å². The summed E-state index contributed by atoms with van der Waals surface area (Å²) < 4.78 is 9.80. The molecule has 4 heteroatoms. The molecular formula is C55H42N2OS. The van der Waals surface area contributed by atoms with Crippen LogP contribution in [0, 0.1) is 5.92 Å². The summed E-state index contributed by atoms with van der Waals surface area (Å²) in [5.74, 6) is 0.448. The number of thiophene rings is 1. The van der Waals surface area contributed by atoms with Crippen LogP contribution in [0.3, 0.4) is 0 Å². The van der Waals surface area contributed by atoms with E-state index in [1.54, 1.807) is 0 Å². The van der Waals surface area contributed by atoms with Crippen LogP contribution in [0.4, 0.5) is 0 Å². The lowest BCUT2D eigenvalue weighted by Gasteiger charge is -2.26. The van der Waals surface area contributed by atoms with E-state index in [0.717, 1.165) is 68.4 Å². The van der Waals surface area contributed by atoms with Crippen molar-refractivity contribution in [3.8, 4) is 11.1 Å². The molecule has 3 nitrogen and oxygen atoms in total. The van der Waals surface area contributed by atoms with Gasteiger partial charge in [0.1, 0.15) is 17.3 Å². The molecule has 0 saturated heterocycles. The highest BCUT2D eigenvalue weighted by Gasteiger charge is 2.26. The molecule has 7 aromatic carbocycles. The molecule has 0 radical (unpaired) electrons. The Morgan fingerprint density at radius 1 is 0.576 bits per heavy atom. The number of nitrogens with zero attached hydrogens (tertiary/aromatic N) is 1. The topological polar surface area (TPSA) is 37.5 Å². The number of allylic oxidation sites excluding steroid dienone is 5. The van der Waals surface area contributed by atoms with Gasteiger partial charge in [0.25, 0.3) is 0 Å². The van der Waals surface area contributed by atoms with Gasteiger partial charge in [0.2, 0.25) is 0 Å². The Bertz CT molecular complexity index is 3150. The van der Waals surface area contributed by atoms with Crippen LogP contribution in [0.1, 0.15) is 59.7 Å². The van der Waals surface area contributed by atoms with Gasteiger partial charge in [0.15, 0.2) is 0 Å². The predicted octanol–water partition coefficient (Wildman–Crippen LogP) is 14.9. The molecule has 3 heterocycles. The van der Waals surface area contributed by atoms with Gasteiger partial charge >= 0.3 is 0 Å². The van der Waals surface area contributed by atoms with Crippen LogP contribution in [0.25, 0.3) is 64.5 Å². The van der Waals surface area contributed by atoms with Gasteiger partial charge in [-0.3, -0.25) is 4.99 Å². The molecule has 9 aromatic rings. The first-order valence-electron chi connectivity index (χ1n) is 20.6. The van der Waals surface area contributed by atoms with Gasteiger partial charge in [-0.1, -0.05) is 183 Å². The summed E-state index contributed by atoms with van der Waals surface area (Å²) in [5.41, 5.74) is 13.3. The number of hydrogen-bond donors (Lipinski definition) is 1. The van der Waals surface area contributed by atoms with Crippen molar-refractivity contribution in [2.75, 3.05) is 0 Å². The minimum Gasteiger partial charge on any atom is -0.455 e. The maximum absolute atomic E-state index is 7.12. The number of aliphatic imine (C=N–C) groups is 1. The summed E-state index contributed by atoms with van der Waals surface area (Å²) in [6.07, 6.45) is 10.8. The zero-order chi connectivity index (χ0) is 39.3. The average molecular weight is 779 g/mol. The van der Waals surface area contributed by atoms with Crippen LogP contribution in [-0.2, 0) is 0 Å². The molecule has 11 rings (SSSR count).